The first-order chi connectivity index (χ1) is 5.41. The van der Waals surface area contributed by atoms with Crippen molar-refractivity contribution in [1.29, 1.82) is 0 Å². The van der Waals surface area contributed by atoms with Crippen molar-refractivity contribution >= 4 is 5.69 Å². The highest BCUT2D eigenvalue weighted by Gasteiger charge is 2.15. The molecule has 0 spiro atoms. The Hall–Kier alpha value is -1.05. The minimum absolute atomic E-state index is 0.110. The molecular weight excluding hydrogens is 148 g/mol. The topological polar surface area (TPSA) is 38.9 Å². The SMILES string of the molecule is Cc1nc(C(C)(C)C)ccc1N. The van der Waals surface area contributed by atoms with Gasteiger partial charge in [-0.25, -0.2) is 0 Å². The maximum Gasteiger partial charge on any atom is 0.0605 e. The highest BCUT2D eigenvalue weighted by molar-refractivity contribution is 5.43. The van der Waals surface area contributed by atoms with Gasteiger partial charge in [-0.05, 0) is 19.1 Å². The Kier molecular flexibility index (Phi) is 2.09. The minimum atomic E-state index is 0.110. The van der Waals surface area contributed by atoms with Crippen LogP contribution in [0.4, 0.5) is 5.69 Å². The first-order valence-electron chi connectivity index (χ1n) is 4.15. The molecule has 0 unspecified atom stereocenters. The third kappa shape index (κ3) is 1.76. The molecule has 0 atom stereocenters. The largest absolute Gasteiger partial charge is 0.397 e. The molecule has 0 amide bonds. The molecule has 0 bridgehead atoms. The molecule has 12 heavy (non-hydrogen) atoms. The van der Waals surface area contributed by atoms with Crippen LogP contribution in [-0.2, 0) is 5.41 Å². The first kappa shape index (κ1) is 9.04. The second-order valence-corrected chi connectivity index (χ2v) is 4.12. The van der Waals surface area contributed by atoms with Crippen LogP contribution in [0.1, 0.15) is 32.2 Å². The summed E-state index contributed by atoms with van der Waals surface area (Å²) >= 11 is 0. The van der Waals surface area contributed by atoms with E-state index in [-0.39, 0.29) is 5.41 Å². The summed E-state index contributed by atoms with van der Waals surface area (Å²) in [4.78, 5) is 4.42. The Bertz CT molecular complexity index is 284. The predicted molar refractivity (Wildman–Crippen MR) is 52.1 cm³/mol. The third-order valence-electron chi connectivity index (χ3n) is 1.90. The monoisotopic (exact) mass is 164 g/mol. The number of hydrogen-bond donors (Lipinski definition) is 1. The van der Waals surface area contributed by atoms with Crippen molar-refractivity contribution in [1.82, 2.24) is 4.98 Å². The molecule has 1 heterocycles. The van der Waals surface area contributed by atoms with Gasteiger partial charge in [0.1, 0.15) is 0 Å². The van der Waals surface area contributed by atoms with E-state index < -0.39 is 0 Å². The van der Waals surface area contributed by atoms with Crippen LogP contribution in [0.3, 0.4) is 0 Å². The van der Waals surface area contributed by atoms with Gasteiger partial charge >= 0.3 is 0 Å². The van der Waals surface area contributed by atoms with E-state index in [1.54, 1.807) is 0 Å². The van der Waals surface area contributed by atoms with Crippen LogP contribution in [0.25, 0.3) is 0 Å². The molecule has 0 fully saturated rings. The fraction of sp³-hybridized carbons (Fsp3) is 0.500. The molecule has 0 aliphatic rings. The molecule has 1 aromatic heterocycles. The molecule has 1 rings (SSSR count). The zero-order valence-electron chi connectivity index (χ0n) is 8.18. The summed E-state index contributed by atoms with van der Waals surface area (Å²) in [5.41, 5.74) is 8.56. The number of aromatic nitrogens is 1. The number of aryl methyl sites for hydroxylation is 1. The number of hydrogen-bond acceptors (Lipinski definition) is 2. The Morgan fingerprint density at radius 3 is 2.25 bits per heavy atom. The van der Waals surface area contributed by atoms with Gasteiger partial charge in [-0.15, -0.1) is 0 Å². The zero-order chi connectivity index (χ0) is 9.35. The van der Waals surface area contributed by atoms with Crippen molar-refractivity contribution in [2.24, 2.45) is 0 Å². The Morgan fingerprint density at radius 1 is 1.25 bits per heavy atom. The molecule has 0 radical (unpaired) electrons. The molecule has 2 nitrogen and oxygen atoms in total. The molecule has 2 heteroatoms. The van der Waals surface area contributed by atoms with Crippen LogP contribution >= 0.6 is 0 Å². The van der Waals surface area contributed by atoms with E-state index in [1.807, 2.05) is 19.1 Å². The molecular formula is C10H16N2. The minimum Gasteiger partial charge on any atom is -0.397 e. The highest BCUT2D eigenvalue weighted by Crippen LogP contribution is 2.21. The standard InChI is InChI=1S/C10H16N2/c1-7-8(11)5-6-9(12-7)10(2,3)4/h5-6H,11H2,1-4H3. The van der Waals surface area contributed by atoms with Gasteiger partial charge in [0.2, 0.25) is 0 Å². The number of rotatable bonds is 0. The molecule has 0 aliphatic carbocycles. The summed E-state index contributed by atoms with van der Waals surface area (Å²) < 4.78 is 0. The predicted octanol–water partition coefficient (Wildman–Crippen LogP) is 2.27. The Labute approximate surface area is 73.8 Å². The van der Waals surface area contributed by atoms with Crippen molar-refractivity contribution in [2.45, 2.75) is 33.1 Å². The van der Waals surface area contributed by atoms with Gasteiger partial charge in [-0.3, -0.25) is 4.98 Å². The average molecular weight is 164 g/mol. The lowest BCUT2D eigenvalue weighted by molar-refractivity contribution is 0.567. The second kappa shape index (κ2) is 2.77. The number of nitrogen functional groups attached to an aromatic ring is 1. The lowest BCUT2D eigenvalue weighted by atomic mass is 9.91. The van der Waals surface area contributed by atoms with Crippen LogP contribution in [0.5, 0.6) is 0 Å². The van der Waals surface area contributed by atoms with E-state index in [0.717, 1.165) is 17.1 Å². The van der Waals surface area contributed by atoms with Crippen LogP contribution in [0.15, 0.2) is 12.1 Å². The van der Waals surface area contributed by atoms with E-state index in [2.05, 4.69) is 25.8 Å². The van der Waals surface area contributed by atoms with E-state index in [1.165, 1.54) is 0 Å². The maximum atomic E-state index is 5.67. The summed E-state index contributed by atoms with van der Waals surface area (Å²) in [7, 11) is 0. The molecule has 0 saturated carbocycles. The highest BCUT2D eigenvalue weighted by atomic mass is 14.8. The normalized spacial score (nSPS) is 11.7. The van der Waals surface area contributed by atoms with E-state index in [4.69, 9.17) is 5.73 Å². The molecule has 66 valence electrons. The number of nitrogens with two attached hydrogens (primary N) is 1. The molecule has 0 saturated heterocycles. The fourth-order valence-electron chi connectivity index (χ4n) is 0.990. The van der Waals surface area contributed by atoms with Crippen molar-refractivity contribution in [2.75, 3.05) is 5.73 Å². The number of nitrogens with zero attached hydrogens (tertiary/aromatic N) is 1. The summed E-state index contributed by atoms with van der Waals surface area (Å²) in [6.07, 6.45) is 0. The summed E-state index contributed by atoms with van der Waals surface area (Å²) in [5.74, 6) is 0. The number of pyridine rings is 1. The molecule has 0 aromatic carbocycles. The van der Waals surface area contributed by atoms with Gasteiger partial charge in [0.25, 0.3) is 0 Å². The van der Waals surface area contributed by atoms with Crippen molar-refractivity contribution < 1.29 is 0 Å². The number of anilines is 1. The second-order valence-electron chi connectivity index (χ2n) is 4.12. The van der Waals surface area contributed by atoms with Crippen LogP contribution in [0, 0.1) is 6.92 Å². The van der Waals surface area contributed by atoms with Gasteiger partial charge in [-0.2, -0.15) is 0 Å². The maximum absolute atomic E-state index is 5.67. The van der Waals surface area contributed by atoms with Crippen molar-refractivity contribution in [3.8, 4) is 0 Å². The van der Waals surface area contributed by atoms with Crippen LogP contribution < -0.4 is 5.73 Å². The molecule has 0 aliphatic heterocycles. The van der Waals surface area contributed by atoms with Gasteiger partial charge in [0.15, 0.2) is 0 Å². The smallest absolute Gasteiger partial charge is 0.0605 e. The fourth-order valence-corrected chi connectivity index (χ4v) is 0.990. The summed E-state index contributed by atoms with van der Waals surface area (Å²) in [6.45, 7) is 8.37. The molecule has 1 aromatic rings. The summed E-state index contributed by atoms with van der Waals surface area (Å²) in [5, 5.41) is 0. The van der Waals surface area contributed by atoms with Gasteiger partial charge in [0.05, 0.1) is 11.4 Å². The third-order valence-corrected chi connectivity index (χ3v) is 1.90. The summed E-state index contributed by atoms with van der Waals surface area (Å²) in [6, 6.07) is 3.91. The zero-order valence-corrected chi connectivity index (χ0v) is 8.18. The lowest BCUT2D eigenvalue weighted by Crippen LogP contribution is -2.14. The Balaban J connectivity index is 3.14. The van der Waals surface area contributed by atoms with Crippen LogP contribution in [0.2, 0.25) is 0 Å². The molecule has 2 N–H and O–H groups in total. The van der Waals surface area contributed by atoms with Gasteiger partial charge in [0, 0.05) is 11.1 Å². The van der Waals surface area contributed by atoms with Crippen molar-refractivity contribution in [3.63, 3.8) is 0 Å². The Morgan fingerprint density at radius 2 is 1.83 bits per heavy atom. The lowest BCUT2D eigenvalue weighted by Gasteiger charge is -2.18. The van der Waals surface area contributed by atoms with E-state index in [0.29, 0.717) is 0 Å². The van der Waals surface area contributed by atoms with E-state index >= 15 is 0 Å². The average Bonchev–Trinajstić information content (AvgIpc) is 1.92. The van der Waals surface area contributed by atoms with Crippen LogP contribution in [-0.4, -0.2) is 4.98 Å². The quantitative estimate of drug-likeness (QED) is 0.638. The van der Waals surface area contributed by atoms with Crippen molar-refractivity contribution in [3.05, 3.63) is 23.5 Å². The van der Waals surface area contributed by atoms with E-state index in [9.17, 15) is 0 Å². The van der Waals surface area contributed by atoms with Gasteiger partial charge in [-0.1, -0.05) is 20.8 Å². The first-order valence-corrected chi connectivity index (χ1v) is 4.15. The van der Waals surface area contributed by atoms with Gasteiger partial charge < -0.3 is 5.73 Å².